The summed E-state index contributed by atoms with van der Waals surface area (Å²) in [4.78, 5) is 78.4. The molecule has 16 heteroatoms. The Kier molecular flexibility index (Phi) is 15.6. The van der Waals surface area contributed by atoms with Crippen LogP contribution in [0.2, 0.25) is 0 Å². The van der Waals surface area contributed by atoms with Gasteiger partial charge in [-0.3, -0.25) is 0 Å². The van der Waals surface area contributed by atoms with E-state index in [1.807, 2.05) is 103 Å². The van der Waals surface area contributed by atoms with Gasteiger partial charge in [0.15, 0.2) is 0 Å². The Morgan fingerprint density at radius 3 is 0.588 bits per heavy atom. The van der Waals surface area contributed by atoms with Crippen LogP contribution in [0.15, 0.2) is 48.5 Å². The fourth-order valence-electron chi connectivity index (χ4n) is 14.2. The number of carbonyl (C=O) groups excluding carboxylic acids is 4. The largest absolute Gasteiger partial charge is 0.444 e. The highest BCUT2D eigenvalue weighted by molar-refractivity contribution is 5.70. The summed E-state index contributed by atoms with van der Waals surface area (Å²) in [6.07, 6.45) is 5.08. The van der Waals surface area contributed by atoms with Gasteiger partial charge in [0.05, 0.1) is 21.7 Å². The molecule has 80 heavy (non-hydrogen) atoms. The Labute approximate surface area is 476 Å². The Balaban J connectivity index is 1.18. The number of nitrogens with one attached hydrogen (secondary N) is 4. The van der Waals surface area contributed by atoms with Crippen LogP contribution in [0.5, 0.6) is 0 Å². The number of piperidine rings is 4. The molecule has 0 aliphatic carbocycles. The molecule has 440 valence electrons. The Bertz CT molecular complexity index is 2390. The number of aromatic amines is 4. The van der Waals surface area contributed by atoms with Gasteiger partial charge in [-0.15, -0.1) is 0 Å². The highest BCUT2D eigenvalue weighted by Gasteiger charge is 2.51. The lowest BCUT2D eigenvalue weighted by Gasteiger charge is -2.45. The summed E-state index contributed by atoms with van der Waals surface area (Å²) in [5.74, 6) is 0.561. The molecule has 9 heterocycles. The number of amides is 4. The zero-order valence-electron chi connectivity index (χ0n) is 51.3. The number of ether oxygens (including phenoxy) is 4. The number of carbonyl (C=O) groups is 4. The lowest BCUT2D eigenvalue weighted by Crippen LogP contribution is -2.48. The van der Waals surface area contributed by atoms with Gasteiger partial charge in [0.25, 0.3) is 0 Å². The molecule has 16 nitrogen and oxygen atoms in total. The van der Waals surface area contributed by atoms with Crippen molar-refractivity contribution in [3.05, 3.63) is 94.1 Å². The Hall–Kier alpha value is -5.80. The molecular weight excluding hydrogens is 1010 g/mol. The number of H-pyrrole nitrogens is 4. The highest BCUT2D eigenvalue weighted by atomic mass is 16.6. The van der Waals surface area contributed by atoms with Gasteiger partial charge in [0.1, 0.15) is 22.4 Å². The second-order valence-electron chi connectivity index (χ2n) is 28.9. The molecule has 4 amide bonds. The summed E-state index contributed by atoms with van der Waals surface area (Å²) in [5, 5.41) is 0. The molecule has 4 saturated heterocycles. The smallest absolute Gasteiger partial charge is 0.410 e. The molecule has 5 aliphatic rings. The van der Waals surface area contributed by atoms with Crippen molar-refractivity contribution < 1.29 is 38.1 Å². The third-order valence-corrected chi connectivity index (χ3v) is 19.1. The number of nitrogens with zero attached hydrogens (tertiary/aromatic N) is 4. The van der Waals surface area contributed by atoms with Gasteiger partial charge < -0.3 is 58.5 Å². The first-order chi connectivity index (χ1) is 37.2. The molecule has 4 N–H and O–H groups in total. The number of fused-ring (bicyclic) bond motifs is 8. The molecule has 0 radical (unpaired) electrons. The van der Waals surface area contributed by atoms with Crippen LogP contribution in [0, 0.1) is 23.7 Å². The van der Waals surface area contributed by atoms with Crippen LogP contribution < -0.4 is 0 Å². The van der Waals surface area contributed by atoms with Crippen LogP contribution in [-0.2, 0) is 40.6 Å². The molecule has 9 rings (SSSR count). The SMILES string of the molecule is CC(C)(C)OC(=O)N1CCC(C2(C)c3ccc([nH]3)C(C)(C3CCN(C(=O)OC(C)(C)C)CC3)c3ccc([nH]3)C(C)(C3CCN(C(=O)OC(C)(C)C)CC3)c3ccc([nH]3)C(C)(C3CCN(C(=O)OC(C)(C)C)CC3)c3ccc2[nH]3)CC1. The molecule has 0 unspecified atom stereocenters. The van der Waals surface area contributed by atoms with Crippen LogP contribution in [-0.4, -0.2) is 139 Å². The highest BCUT2D eigenvalue weighted by Crippen LogP contribution is 2.52. The number of aromatic nitrogens is 4. The van der Waals surface area contributed by atoms with Crippen LogP contribution in [0.3, 0.4) is 0 Å². The van der Waals surface area contributed by atoms with Crippen molar-refractivity contribution in [2.24, 2.45) is 23.7 Å². The van der Waals surface area contributed by atoms with Gasteiger partial charge in [0.2, 0.25) is 0 Å². The monoisotopic (exact) mass is 1100 g/mol. The molecule has 0 saturated carbocycles. The maximum absolute atomic E-state index is 13.5. The molecule has 0 aromatic carbocycles. The Morgan fingerprint density at radius 2 is 0.463 bits per heavy atom. The van der Waals surface area contributed by atoms with E-state index in [1.54, 1.807) is 0 Å². The van der Waals surface area contributed by atoms with Crippen molar-refractivity contribution in [2.45, 2.75) is 206 Å². The fourth-order valence-corrected chi connectivity index (χ4v) is 14.2. The van der Waals surface area contributed by atoms with Crippen molar-refractivity contribution >= 4 is 24.4 Å². The number of hydrogen-bond acceptors (Lipinski definition) is 8. The predicted molar refractivity (Wildman–Crippen MR) is 311 cm³/mol. The molecule has 4 aromatic rings. The summed E-state index contributed by atoms with van der Waals surface area (Å²) >= 11 is 0. The van der Waals surface area contributed by atoms with Crippen LogP contribution in [0.1, 0.15) is 208 Å². The zero-order valence-corrected chi connectivity index (χ0v) is 51.3. The molecule has 5 aliphatic heterocycles. The normalized spacial score (nSPS) is 26.3. The van der Waals surface area contributed by atoms with Gasteiger partial charge >= 0.3 is 24.4 Å². The first-order valence-electron chi connectivity index (χ1n) is 29.9. The van der Waals surface area contributed by atoms with Crippen molar-refractivity contribution in [1.29, 1.82) is 0 Å². The molecular formula is C64H96N8O8. The van der Waals surface area contributed by atoms with Crippen molar-refractivity contribution in [2.75, 3.05) is 52.4 Å². The summed E-state index contributed by atoms with van der Waals surface area (Å²) in [7, 11) is 0. The second-order valence-corrected chi connectivity index (χ2v) is 28.9. The van der Waals surface area contributed by atoms with E-state index in [-0.39, 0.29) is 48.0 Å². The zero-order chi connectivity index (χ0) is 58.2. The van der Waals surface area contributed by atoms with Gasteiger partial charge in [0, 0.05) is 97.9 Å². The van der Waals surface area contributed by atoms with E-state index in [2.05, 4.69) is 96.2 Å². The van der Waals surface area contributed by atoms with E-state index in [1.165, 1.54) is 0 Å². The topological polar surface area (TPSA) is 181 Å². The third kappa shape index (κ3) is 11.5. The first-order valence-corrected chi connectivity index (χ1v) is 29.9. The average Bonchev–Trinajstić information content (AvgIpc) is 4.25. The van der Waals surface area contributed by atoms with E-state index < -0.39 is 44.1 Å². The molecule has 0 spiro atoms. The number of rotatable bonds is 4. The van der Waals surface area contributed by atoms with Crippen molar-refractivity contribution in [3.8, 4) is 0 Å². The van der Waals surface area contributed by atoms with Gasteiger partial charge in [-0.1, -0.05) is 0 Å². The maximum atomic E-state index is 13.5. The van der Waals surface area contributed by atoms with E-state index in [9.17, 15) is 19.2 Å². The molecule has 4 aromatic heterocycles. The standard InChI is InChI=1S/C64H96N8O8/c1-57(2,3)77-53(73)69-33-25-41(26-34-69)61(13)45-17-19-47(65-45)62(14,42-27-35-70(36-28-42)54(74)78-58(4,5)6)49-21-23-51(67-49)64(16,44-31-39-72(40-32-44)56(76)80-60(10,11)12)52-24-22-50(68-52)63(15,48-20-18-46(61)66-48)43-29-37-71(38-30-43)55(75)79-59(7,8)9/h17-24,41-44,65-68H,25-40H2,1-16H3. The molecule has 0 atom stereocenters. The average molecular weight is 1110 g/mol. The number of likely N-dealkylation sites (tertiary alicyclic amines) is 4. The van der Waals surface area contributed by atoms with E-state index >= 15 is 0 Å². The van der Waals surface area contributed by atoms with Gasteiger partial charge in [-0.2, -0.15) is 0 Å². The van der Waals surface area contributed by atoms with Crippen LogP contribution >= 0.6 is 0 Å². The number of hydrogen-bond donors (Lipinski definition) is 4. The minimum absolute atomic E-state index is 0.140. The van der Waals surface area contributed by atoms with Gasteiger partial charge in [-0.05, 0) is 234 Å². The van der Waals surface area contributed by atoms with E-state index in [4.69, 9.17) is 18.9 Å². The molecule has 8 bridgehead atoms. The quantitative estimate of drug-likeness (QED) is 0.146. The summed E-state index contributed by atoms with van der Waals surface area (Å²) in [6.45, 7) is 37.1. The summed E-state index contributed by atoms with van der Waals surface area (Å²) in [5.41, 5.74) is 4.22. The second kappa shape index (κ2) is 21.2. The first kappa shape index (κ1) is 58.8. The summed E-state index contributed by atoms with van der Waals surface area (Å²) in [6, 6.07) is 18.4. The summed E-state index contributed by atoms with van der Waals surface area (Å²) < 4.78 is 23.6. The third-order valence-electron chi connectivity index (χ3n) is 19.1. The lowest BCUT2D eigenvalue weighted by molar-refractivity contribution is 0.0148. The Morgan fingerprint density at radius 1 is 0.325 bits per heavy atom. The molecule has 4 fully saturated rings. The van der Waals surface area contributed by atoms with Gasteiger partial charge in [-0.25, -0.2) is 19.2 Å². The van der Waals surface area contributed by atoms with Crippen LogP contribution in [0.25, 0.3) is 0 Å². The minimum atomic E-state index is -0.596. The van der Waals surface area contributed by atoms with Crippen molar-refractivity contribution in [1.82, 2.24) is 39.5 Å². The predicted octanol–water partition coefficient (Wildman–Crippen LogP) is 13.1. The van der Waals surface area contributed by atoms with E-state index in [0.29, 0.717) is 52.4 Å². The minimum Gasteiger partial charge on any atom is -0.444 e. The van der Waals surface area contributed by atoms with Crippen LogP contribution in [0.4, 0.5) is 19.2 Å². The fraction of sp³-hybridized carbons (Fsp3) is 0.688. The lowest BCUT2D eigenvalue weighted by atomic mass is 9.67. The maximum Gasteiger partial charge on any atom is 0.410 e. The van der Waals surface area contributed by atoms with E-state index in [0.717, 1.165) is 96.9 Å². The van der Waals surface area contributed by atoms with Crippen molar-refractivity contribution in [3.63, 3.8) is 0 Å².